The number of para-hydroxylation sites is 1. The van der Waals surface area contributed by atoms with E-state index in [-0.39, 0.29) is 24.5 Å². The van der Waals surface area contributed by atoms with Crippen LogP contribution in [0.2, 0.25) is 5.02 Å². The Balaban J connectivity index is 2.05. The highest BCUT2D eigenvalue weighted by atomic mass is 35.5. The molecule has 0 saturated carbocycles. The van der Waals surface area contributed by atoms with Gasteiger partial charge in [0.05, 0.1) is 24.8 Å². The Morgan fingerprint density at radius 3 is 2.24 bits per heavy atom. The number of hydrogen-bond donors (Lipinski definition) is 0. The lowest BCUT2D eigenvalue weighted by Gasteiger charge is -2.25. The minimum absolute atomic E-state index is 0.0300. The normalized spacial score (nSPS) is 14.3. The maximum absolute atomic E-state index is 13.3. The van der Waals surface area contributed by atoms with Gasteiger partial charge >= 0.3 is 0 Å². The van der Waals surface area contributed by atoms with Crippen molar-refractivity contribution in [1.29, 1.82) is 0 Å². The second kappa shape index (κ2) is 9.25. The van der Waals surface area contributed by atoms with Crippen LogP contribution in [0.25, 0.3) is 5.57 Å². The highest BCUT2D eigenvalue weighted by molar-refractivity contribution is 6.37. The highest BCUT2D eigenvalue weighted by Crippen LogP contribution is 2.34. The van der Waals surface area contributed by atoms with E-state index >= 15 is 0 Å². The van der Waals surface area contributed by atoms with Gasteiger partial charge in [0, 0.05) is 17.3 Å². The molecule has 5 nitrogen and oxygen atoms in total. The van der Waals surface area contributed by atoms with Gasteiger partial charge in [-0.05, 0) is 50.6 Å². The molecule has 0 aliphatic carbocycles. The summed E-state index contributed by atoms with van der Waals surface area (Å²) in [6.07, 6.45) is 0.0300. The van der Waals surface area contributed by atoms with Crippen molar-refractivity contribution in [2.24, 2.45) is 0 Å². The summed E-state index contributed by atoms with van der Waals surface area (Å²) in [5.74, 6) is -0.618. The molecule has 1 aliphatic rings. The third kappa shape index (κ3) is 4.52. The van der Waals surface area contributed by atoms with Gasteiger partial charge in [-0.15, -0.1) is 0 Å². The maximum atomic E-state index is 13.3. The minimum Gasteiger partial charge on any atom is -0.377 e. The quantitative estimate of drug-likeness (QED) is 0.604. The van der Waals surface area contributed by atoms with Crippen molar-refractivity contribution in [1.82, 2.24) is 4.90 Å². The maximum Gasteiger partial charge on any atom is 0.278 e. The lowest BCUT2D eigenvalue weighted by molar-refractivity contribution is -0.138. The minimum atomic E-state index is -0.311. The smallest absolute Gasteiger partial charge is 0.278 e. The summed E-state index contributed by atoms with van der Waals surface area (Å²) < 4.78 is 5.57. The first kappa shape index (κ1) is 21.1. The molecule has 0 N–H and O–H groups in total. The molecule has 3 rings (SSSR count). The lowest BCUT2D eigenvalue weighted by Crippen LogP contribution is -2.37. The summed E-state index contributed by atoms with van der Waals surface area (Å²) >= 11 is 6.03. The van der Waals surface area contributed by atoms with Crippen LogP contribution in [0.3, 0.4) is 0 Å². The molecule has 0 aromatic heterocycles. The fraction of sp³-hybridized carbons (Fsp3) is 0.304. The van der Waals surface area contributed by atoms with Gasteiger partial charge in [0.25, 0.3) is 11.8 Å². The highest BCUT2D eigenvalue weighted by Gasteiger charge is 2.41. The van der Waals surface area contributed by atoms with Gasteiger partial charge < -0.3 is 9.64 Å². The lowest BCUT2D eigenvalue weighted by atomic mass is 10.0. The number of halogens is 1. The number of likely N-dealkylation sites (N-methyl/N-ethyl adjacent to an activating group) is 1. The second-order valence-electron chi connectivity index (χ2n) is 6.99. The first-order chi connectivity index (χ1) is 13.9. The summed E-state index contributed by atoms with van der Waals surface area (Å²) in [5.41, 5.74) is 2.31. The molecule has 1 heterocycles. The summed E-state index contributed by atoms with van der Waals surface area (Å²) in [7, 11) is 0. The fourth-order valence-electron chi connectivity index (χ4n) is 3.35. The fourth-order valence-corrected chi connectivity index (χ4v) is 3.48. The molecular formula is C23H25ClN2O3. The Kier molecular flexibility index (Phi) is 6.72. The molecule has 2 aromatic carbocycles. The predicted octanol–water partition coefficient (Wildman–Crippen LogP) is 4.37. The number of rotatable bonds is 8. The SMILES string of the molecule is CCN(C1=C(c2ccc(Cl)cc2)C(=O)N(CCOC(C)C)C1=O)c1ccccc1. The zero-order valence-corrected chi connectivity index (χ0v) is 17.6. The third-order valence-electron chi connectivity index (χ3n) is 4.70. The molecule has 0 radical (unpaired) electrons. The van der Waals surface area contributed by atoms with E-state index in [2.05, 4.69) is 0 Å². The van der Waals surface area contributed by atoms with Crippen molar-refractivity contribution in [3.8, 4) is 0 Å². The zero-order chi connectivity index (χ0) is 21.0. The topological polar surface area (TPSA) is 49.9 Å². The van der Waals surface area contributed by atoms with Crippen LogP contribution in [-0.4, -0.2) is 42.5 Å². The number of carbonyl (C=O) groups excluding carboxylic acids is 2. The average molecular weight is 413 g/mol. The van der Waals surface area contributed by atoms with Gasteiger partial charge in [-0.25, -0.2) is 0 Å². The molecule has 2 aromatic rings. The van der Waals surface area contributed by atoms with Crippen molar-refractivity contribution in [2.45, 2.75) is 26.9 Å². The molecule has 0 atom stereocenters. The number of hydrogen-bond acceptors (Lipinski definition) is 4. The predicted molar refractivity (Wildman–Crippen MR) is 116 cm³/mol. The average Bonchev–Trinajstić information content (AvgIpc) is 2.95. The number of nitrogens with zero attached hydrogens (tertiary/aromatic N) is 2. The van der Waals surface area contributed by atoms with Crippen molar-refractivity contribution in [2.75, 3.05) is 24.6 Å². The van der Waals surface area contributed by atoms with E-state index in [1.807, 2.05) is 56.0 Å². The summed E-state index contributed by atoms with van der Waals surface area (Å²) in [5, 5.41) is 0.574. The van der Waals surface area contributed by atoms with Crippen LogP contribution >= 0.6 is 11.6 Å². The number of carbonyl (C=O) groups is 2. The Bertz CT molecular complexity index is 907. The van der Waals surface area contributed by atoms with E-state index in [9.17, 15) is 9.59 Å². The van der Waals surface area contributed by atoms with Crippen LogP contribution in [0.5, 0.6) is 0 Å². The molecule has 2 amide bonds. The van der Waals surface area contributed by atoms with Gasteiger partial charge in [0.1, 0.15) is 5.70 Å². The molecule has 29 heavy (non-hydrogen) atoms. The van der Waals surface area contributed by atoms with E-state index in [0.29, 0.717) is 35.0 Å². The molecule has 0 bridgehead atoms. The van der Waals surface area contributed by atoms with Crippen molar-refractivity contribution < 1.29 is 14.3 Å². The van der Waals surface area contributed by atoms with Crippen LogP contribution in [0.4, 0.5) is 5.69 Å². The summed E-state index contributed by atoms with van der Waals surface area (Å²) in [4.78, 5) is 29.8. The molecule has 0 spiro atoms. The number of benzene rings is 2. The standard InChI is InChI=1S/C23H25ClN2O3/c1-4-25(19-8-6-5-7-9-19)21-20(17-10-12-18(24)13-11-17)22(27)26(23(21)28)14-15-29-16(2)3/h5-13,16H,4,14-15H2,1-3H3. The van der Waals surface area contributed by atoms with E-state index in [0.717, 1.165) is 5.69 Å². The molecular weight excluding hydrogens is 388 g/mol. The van der Waals surface area contributed by atoms with Crippen molar-refractivity contribution >= 4 is 34.7 Å². The summed E-state index contributed by atoms with van der Waals surface area (Å²) in [6, 6.07) is 16.6. The summed E-state index contributed by atoms with van der Waals surface area (Å²) in [6.45, 7) is 6.86. The van der Waals surface area contributed by atoms with E-state index in [1.54, 1.807) is 24.3 Å². The largest absolute Gasteiger partial charge is 0.377 e. The monoisotopic (exact) mass is 412 g/mol. The molecule has 0 saturated heterocycles. The van der Waals surface area contributed by atoms with E-state index in [1.165, 1.54) is 4.90 Å². The van der Waals surface area contributed by atoms with Gasteiger partial charge in [0.15, 0.2) is 0 Å². The Morgan fingerprint density at radius 2 is 1.66 bits per heavy atom. The number of anilines is 1. The molecule has 6 heteroatoms. The number of ether oxygens (including phenoxy) is 1. The first-order valence-corrected chi connectivity index (χ1v) is 10.1. The Labute approximate surface area is 176 Å². The third-order valence-corrected chi connectivity index (χ3v) is 4.95. The first-order valence-electron chi connectivity index (χ1n) is 9.74. The van der Waals surface area contributed by atoms with Crippen LogP contribution in [0.1, 0.15) is 26.3 Å². The van der Waals surface area contributed by atoms with Crippen molar-refractivity contribution in [3.63, 3.8) is 0 Å². The van der Waals surface area contributed by atoms with Gasteiger partial charge in [-0.2, -0.15) is 0 Å². The van der Waals surface area contributed by atoms with Crippen molar-refractivity contribution in [3.05, 3.63) is 70.9 Å². The van der Waals surface area contributed by atoms with Crippen LogP contribution in [0, 0.1) is 0 Å². The van der Waals surface area contributed by atoms with E-state index in [4.69, 9.17) is 16.3 Å². The van der Waals surface area contributed by atoms with Crippen LogP contribution in [-0.2, 0) is 14.3 Å². The van der Waals surface area contributed by atoms with Crippen LogP contribution in [0.15, 0.2) is 60.3 Å². The molecule has 1 aliphatic heterocycles. The molecule has 152 valence electrons. The van der Waals surface area contributed by atoms with Crippen LogP contribution < -0.4 is 4.90 Å². The zero-order valence-electron chi connectivity index (χ0n) is 16.9. The molecule has 0 fully saturated rings. The number of amides is 2. The Hall–Kier alpha value is -2.63. The number of imide groups is 1. The van der Waals surface area contributed by atoms with E-state index < -0.39 is 0 Å². The Morgan fingerprint density at radius 1 is 1.00 bits per heavy atom. The van der Waals surface area contributed by atoms with Gasteiger partial charge in [-0.3, -0.25) is 14.5 Å². The van der Waals surface area contributed by atoms with Gasteiger partial charge in [0.2, 0.25) is 0 Å². The second-order valence-corrected chi connectivity index (χ2v) is 7.43. The van der Waals surface area contributed by atoms with Gasteiger partial charge in [-0.1, -0.05) is 41.9 Å². The molecule has 0 unspecified atom stereocenters.